The molecular formula is C13H14ClN3O3S. The number of hydrogen-bond acceptors (Lipinski definition) is 4. The van der Waals surface area contributed by atoms with Gasteiger partial charge in [-0.25, -0.2) is 18.1 Å². The van der Waals surface area contributed by atoms with E-state index in [2.05, 4.69) is 15.0 Å². The maximum absolute atomic E-state index is 12.1. The molecule has 0 spiro atoms. The highest BCUT2D eigenvalue weighted by Gasteiger charge is 2.13. The second-order valence-electron chi connectivity index (χ2n) is 4.29. The molecule has 2 rings (SSSR count). The minimum atomic E-state index is -3.35. The molecular weight excluding hydrogens is 314 g/mol. The molecule has 2 N–H and O–H groups in total. The summed E-state index contributed by atoms with van der Waals surface area (Å²) in [6.07, 6.45) is 1.38. The number of hydrogen-bond donors (Lipinski definition) is 2. The number of benzene rings is 1. The molecule has 0 fully saturated rings. The predicted molar refractivity (Wildman–Crippen MR) is 81.9 cm³/mol. The van der Waals surface area contributed by atoms with E-state index in [1.165, 1.54) is 13.2 Å². The van der Waals surface area contributed by atoms with Crippen LogP contribution in [0.4, 0.5) is 0 Å². The fourth-order valence-electron chi connectivity index (χ4n) is 1.84. The maximum Gasteiger partial charge on any atom is 0.253 e. The van der Waals surface area contributed by atoms with Crippen LogP contribution in [0.1, 0.15) is 10.4 Å². The Kier molecular flexibility index (Phi) is 4.76. The molecule has 1 aromatic carbocycles. The molecule has 2 aromatic rings. The van der Waals surface area contributed by atoms with E-state index in [4.69, 9.17) is 11.6 Å². The van der Waals surface area contributed by atoms with Crippen LogP contribution in [0.15, 0.2) is 30.5 Å². The quantitative estimate of drug-likeness (QED) is 0.807. The van der Waals surface area contributed by atoms with Crippen molar-refractivity contribution in [3.05, 3.63) is 41.2 Å². The van der Waals surface area contributed by atoms with Crippen molar-refractivity contribution in [1.29, 1.82) is 0 Å². The lowest BCUT2D eigenvalue weighted by molar-refractivity contribution is 0.0957. The smallest absolute Gasteiger partial charge is 0.253 e. The second kappa shape index (κ2) is 6.38. The van der Waals surface area contributed by atoms with E-state index in [1.54, 1.807) is 24.3 Å². The first kappa shape index (κ1) is 15.7. The Bertz CT molecular complexity index is 777. The van der Waals surface area contributed by atoms with Gasteiger partial charge in [-0.1, -0.05) is 35.9 Å². The number of halogens is 1. The molecule has 0 saturated heterocycles. The summed E-state index contributed by atoms with van der Waals surface area (Å²) in [5.41, 5.74) is 0.358. The van der Waals surface area contributed by atoms with Gasteiger partial charge in [0.15, 0.2) is 0 Å². The minimum Gasteiger partial charge on any atom is -0.351 e. The van der Waals surface area contributed by atoms with E-state index in [9.17, 15) is 13.2 Å². The van der Waals surface area contributed by atoms with Gasteiger partial charge < -0.3 is 5.32 Å². The third kappa shape index (κ3) is 3.69. The van der Waals surface area contributed by atoms with E-state index in [-0.39, 0.29) is 18.2 Å². The summed E-state index contributed by atoms with van der Waals surface area (Å²) in [5.74, 6) is -0.574. The third-order valence-electron chi connectivity index (χ3n) is 2.96. The lowest BCUT2D eigenvalue weighted by atomic mass is 10.1. The molecule has 21 heavy (non-hydrogen) atoms. The Balaban J connectivity index is 2.19. The van der Waals surface area contributed by atoms with Crippen molar-refractivity contribution in [2.75, 3.05) is 19.3 Å². The Hall–Kier alpha value is -1.70. The lowest BCUT2D eigenvalue weighted by Gasteiger charge is -2.08. The van der Waals surface area contributed by atoms with Gasteiger partial charge in [0.05, 0.1) is 11.3 Å². The zero-order valence-electron chi connectivity index (χ0n) is 11.3. The number of nitrogens with one attached hydrogen (secondary N) is 2. The van der Waals surface area contributed by atoms with Crippen molar-refractivity contribution in [2.24, 2.45) is 0 Å². The van der Waals surface area contributed by atoms with Crippen LogP contribution >= 0.6 is 11.6 Å². The molecule has 0 unspecified atom stereocenters. The van der Waals surface area contributed by atoms with Gasteiger partial charge in [0.1, 0.15) is 5.15 Å². The van der Waals surface area contributed by atoms with E-state index in [0.717, 1.165) is 0 Å². The first-order chi connectivity index (χ1) is 9.94. The van der Waals surface area contributed by atoms with Crippen LogP contribution in [0.25, 0.3) is 10.8 Å². The maximum atomic E-state index is 12.1. The van der Waals surface area contributed by atoms with Crippen molar-refractivity contribution < 1.29 is 13.2 Å². The normalized spacial score (nSPS) is 11.5. The molecule has 0 aliphatic rings. The fraction of sp³-hybridized carbons (Fsp3) is 0.231. The molecule has 0 aliphatic heterocycles. The Morgan fingerprint density at radius 2 is 1.95 bits per heavy atom. The van der Waals surface area contributed by atoms with Gasteiger partial charge in [-0.3, -0.25) is 4.79 Å². The summed E-state index contributed by atoms with van der Waals surface area (Å²) >= 11 is 5.99. The second-order valence-corrected chi connectivity index (χ2v) is 6.69. The summed E-state index contributed by atoms with van der Waals surface area (Å²) in [5, 5.41) is 4.23. The van der Waals surface area contributed by atoms with E-state index < -0.39 is 10.0 Å². The van der Waals surface area contributed by atoms with Gasteiger partial charge in [-0.2, -0.15) is 0 Å². The highest BCUT2D eigenvalue weighted by atomic mass is 35.5. The minimum absolute atomic E-state index is 0.0129. The molecule has 0 atom stereocenters. The van der Waals surface area contributed by atoms with Crippen molar-refractivity contribution in [3.8, 4) is 0 Å². The van der Waals surface area contributed by atoms with Gasteiger partial charge >= 0.3 is 0 Å². The van der Waals surface area contributed by atoms with Gasteiger partial charge in [0, 0.05) is 18.1 Å². The molecule has 6 nitrogen and oxygen atoms in total. The number of carbonyl (C=O) groups excluding carboxylic acids is 1. The molecule has 1 aromatic heterocycles. The number of sulfonamides is 1. The van der Waals surface area contributed by atoms with Crippen LogP contribution in [0.3, 0.4) is 0 Å². The largest absolute Gasteiger partial charge is 0.351 e. The standard InChI is InChI=1S/C13H14ClN3O3S/c1-15-21(19,20)7-6-16-13(18)11-8-17-12(14)10-5-3-2-4-9(10)11/h2-5,8,15H,6-7H2,1H3,(H,16,18). The van der Waals surface area contributed by atoms with Crippen LogP contribution < -0.4 is 10.0 Å². The molecule has 8 heteroatoms. The Morgan fingerprint density at radius 3 is 2.62 bits per heavy atom. The number of amides is 1. The number of aromatic nitrogens is 1. The highest BCUT2D eigenvalue weighted by Crippen LogP contribution is 2.23. The number of nitrogens with zero attached hydrogens (tertiary/aromatic N) is 1. The average Bonchev–Trinajstić information content (AvgIpc) is 2.47. The van der Waals surface area contributed by atoms with Crippen LogP contribution in [-0.4, -0.2) is 38.7 Å². The fourth-order valence-corrected chi connectivity index (χ4v) is 2.62. The molecule has 0 radical (unpaired) electrons. The van der Waals surface area contributed by atoms with Crippen LogP contribution in [-0.2, 0) is 10.0 Å². The monoisotopic (exact) mass is 327 g/mol. The van der Waals surface area contributed by atoms with E-state index in [0.29, 0.717) is 21.5 Å². The predicted octanol–water partition coefficient (Wildman–Crippen LogP) is 1.17. The molecule has 1 heterocycles. The summed E-state index contributed by atoms with van der Waals surface area (Å²) in [6.45, 7) is 0.0129. The summed E-state index contributed by atoms with van der Waals surface area (Å²) in [6, 6.07) is 7.13. The van der Waals surface area contributed by atoms with E-state index in [1.807, 2.05) is 0 Å². The molecule has 112 valence electrons. The van der Waals surface area contributed by atoms with E-state index >= 15 is 0 Å². The topological polar surface area (TPSA) is 88.2 Å². The summed E-state index contributed by atoms with van der Waals surface area (Å²) in [4.78, 5) is 16.1. The highest BCUT2D eigenvalue weighted by molar-refractivity contribution is 7.89. The molecule has 0 aliphatic carbocycles. The number of carbonyl (C=O) groups is 1. The van der Waals surface area contributed by atoms with Crippen molar-refractivity contribution in [3.63, 3.8) is 0 Å². The molecule has 0 bridgehead atoms. The van der Waals surface area contributed by atoms with Crippen LogP contribution in [0.5, 0.6) is 0 Å². The zero-order chi connectivity index (χ0) is 15.5. The summed E-state index contributed by atoms with van der Waals surface area (Å²) < 4.78 is 24.7. The van der Waals surface area contributed by atoms with Crippen LogP contribution in [0.2, 0.25) is 5.15 Å². The van der Waals surface area contributed by atoms with Gasteiger partial charge in [-0.05, 0) is 12.4 Å². The number of rotatable bonds is 5. The summed E-state index contributed by atoms with van der Waals surface area (Å²) in [7, 11) is -2.02. The lowest BCUT2D eigenvalue weighted by Crippen LogP contribution is -2.33. The van der Waals surface area contributed by atoms with Crippen LogP contribution in [0, 0.1) is 0 Å². The van der Waals surface area contributed by atoms with Crippen molar-refractivity contribution in [2.45, 2.75) is 0 Å². The molecule has 1 amide bonds. The van der Waals surface area contributed by atoms with Crippen molar-refractivity contribution >= 4 is 38.3 Å². The Morgan fingerprint density at radius 1 is 1.29 bits per heavy atom. The number of fused-ring (bicyclic) bond motifs is 1. The third-order valence-corrected chi connectivity index (χ3v) is 4.62. The first-order valence-corrected chi connectivity index (χ1v) is 8.20. The van der Waals surface area contributed by atoms with Crippen molar-refractivity contribution in [1.82, 2.24) is 15.0 Å². The van der Waals surface area contributed by atoms with Gasteiger partial charge in [0.2, 0.25) is 10.0 Å². The number of pyridine rings is 1. The average molecular weight is 328 g/mol. The molecule has 0 saturated carbocycles. The SMILES string of the molecule is CNS(=O)(=O)CCNC(=O)c1cnc(Cl)c2ccccc12. The first-order valence-electron chi connectivity index (χ1n) is 6.17. The zero-order valence-corrected chi connectivity index (χ0v) is 12.8. The Labute approximate surface area is 127 Å². The van der Waals surface area contributed by atoms with Gasteiger partial charge in [-0.15, -0.1) is 0 Å². The van der Waals surface area contributed by atoms with Gasteiger partial charge in [0.25, 0.3) is 5.91 Å².